The van der Waals surface area contributed by atoms with Gasteiger partial charge < -0.3 is 0 Å². The van der Waals surface area contributed by atoms with Crippen molar-refractivity contribution in [3.63, 3.8) is 0 Å². The minimum atomic E-state index is -0.415. The maximum absolute atomic E-state index is 9.47. The summed E-state index contributed by atoms with van der Waals surface area (Å²) in [4.78, 5) is 9.05. The summed E-state index contributed by atoms with van der Waals surface area (Å²) in [6.45, 7) is 0. The van der Waals surface area contributed by atoms with Gasteiger partial charge in [-0.3, -0.25) is 4.79 Å². The lowest BCUT2D eigenvalue weighted by Crippen LogP contribution is -1.85. The van der Waals surface area contributed by atoms with E-state index >= 15 is 0 Å². The molecule has 0 saturated carbocycles. The number of carbonyl (C=O) groups excluding carboxylic acids is 1. The molecule has 0 aliphatic heterocycles. The molecule has 0 bridgehead atoms. The van der Waals surface area contributed by atoms with E-state index in [1.165, 1.54) is 0 Å². The molecule has 1 nitrogen and oxygen atoms in total. The van der Waals surface area contributed by atoms with Crippen molar-refractivity contribution in [2.45, 2.75) is 17.7 Å². The lowest BCUT2D eigenvalue weighted by molar-refractivity contribution is 0.550. The van der Waals surface area contributed by atoms with Crippen LogP contribution in [0.3, 0.4) is 0 Å². The molecule has 1 radical (unpaired) electrons. The van der Waals surface area contributed by atoms with E-state index in [1.807, 2.05) is 0 Å². The van der Waals surface area contributed by atoms with E-state index in [0.717, 1.165) is 0 Å². The molecule has 0 rings (SSSR count). The monoisotopic (exact) mass is 139 g/mol. The van der Waals surface area contributed by atoms with E-state index in [4.69, 9.17) is 23.2 Å². The lowest BCUT2D eigenvalue weighted by Gasteiger charge is -1.89. The smallest absolute Gasteiger partial charge is 0.198 e. The first-order valence-corrected chi connectivity index (χ1v) is 2.78. The Labute approximate surface area is 52.6 Å². The van der Waals surface area contributed by atoms with Gasteiger partial charge in [-0.2, -0.15) is 0 Å². The second-order valence-electron chi connectivity index (χ2n) is 1.07. The predicted molar refractivity (Wildman–Crippen MR) is 30.4 cm³/mol. The van der Waals surface area contributed by atoms with E-state index in [9.17, 15) is 4.79 Å². The Bertz CT molecular complexity index is 53.7. The van der Waals surface area contributed by atoms with Crippen LogP contribution in [-0.2, 0) is 4.79 Å². The fraction of sp³-hybridized carbons (Fsp3) is 0.750. The van der Waals surface area contributed by atoms with Crippen molar-refractivity contribution in [1.29, 1.82) is 0 Å². The average Bonchev–Trinajstić information content (AvgIpc) is 1.61. The van der Waals surface area contributed by atoms with Crippen molar-refractivity contribution in [3.05, 3.63) is 0 Å². The standard InChI is InChI=1S/C4H5Cl2O/c5-4(6)2-1-3-7/h4H,1-2H2. The Balaban J connectivity index is 2.81. The number of rotatable bonds is 3. The average molecular weight is 140 g/mol. The molecule has 0 aromatic heterocycles. The maximum atomic E-state index is 9.47. The Kier molecular flexibility index (Phi) is 4.57. The van der Waals surface area contributed by atoms with Crippen LogP contribution in [0, 0.1) is 0 Å². The molecule has 0 aliphatic carbocycles. The van der Waals surface area contributed by atoms with Gasteiger partial charge in [-0.1, -0.05) is 0 Å². The summed E-state index contributed by atoms with van der Waals surface area (Å²) < 4.78 is 0. The molecule has 41 valence electrons. The Morgan fingerprint density at radius 2 is 2.14 bits per heavy atom. The van der Waals surface area contributed by atoms with Crippen LogP contribution in [0.5, 0.6) is 0 Å². The highest BCUT2D eigenvalue weighted by Gasteiger charge is 1.94. The third-order valence-electron chi connectivity index (χ3n) is 0.465. The minimum Gasteiger partial charge on any atom is -0.291 e. The van der Waals surface area contributed by atoms with E-state index in [1.54, 1.807) is 6.29 Å². The van der Waals surface area contributed by atoms with Gasteiger partial charge in [0.05, 0.1) is 0 Å². The molecule has 0 unspecified atom stereocenters. The Hall–Kier alpha value is 0.250. The fourth-order valence-electron chi connectivity index (χ4n) is 0.168. The third-order valence-corrected chi connectivity index (χ3v) is 0.901. The normalized spacial score (nSPS) is 9.57. The van der Waals surface area contributed by atoms with Gasteiger partial charge in [-0.15, -0.1) is 23.2 Å². The highest BCUT2D eigenvalue weighted by atomic mass is 35.5. The summed E-state index contributed by atoms with van der Waals surface area (Å²) in [6.07, 6.45) is 2.52. The van der Waals surface area contributed by atoms with Gasteiger partial charge in [0.15, 0.2) is 6.29 Å². The summed E-state index contributed by atoms with van der Waals surface area (Å²) in [5, 5.41) is 0. The summed E-state index contributed by atoms with van der Waals surface area (Å²) in [7, 11) is 0. The van der Waals surface area contributed by atoms with Gasteiger partial charge in [0.1, 0.15) is 4.84 Å². The van der Waals surface area contributed by atoms with E-state index in [-0.39, 0.29) is 0 Å². The molecule has 0 spiro atoms. The van der Waals surface area contributed by atoms with E-state index < -0.39 is 4.84 Å². The number of hydrogen-bond acceptors (Lipinski definition) is 1. The van der Waals surface area contributed by atoms with E-state index in [0.29, 0.717) is 12.8 Å². The SMILES string of the molecule is O=[C]CCC(Cl)Cl. The van der Waals surface area contributed by atoms with Gasteiger partial charge in [0, 0.05) is 6.42 Å². The largest absolute Gasteiger partial charge is 0.291 e. The molecule has 0 aromatic carbocycles. The predicted octanol–water partition coefficient (Wildman–Crippen LogP) is 1.68. The second kappa shape index (κ2) is 4.41. The fourth-order valence-corrected chi connectivity index (χ4v) is 0.386. The summed E-state index contributed by atoms with van der Waals surface area (Å²) in [6, 6.07) is 0. The zero-order chi connectivity index (χ0) is 5.70. The molecule has 0 fully saturated rings. The zero-order valence-electron chi connectivity index (χ0n) is 3.66. The molecule has 0 atom stereocenters. The lowest BCUT2D eigenvalue weighted by atomic mass is 10.4. The number of halogens is 2. The molecule has 0 N–H and O–H groups in total. The van der Waals surface area contributed by atoms with Crippen molar-refractivity contribution in [1.82, 2.24) is 0 Å². The maximum Gasteiger partial charge on any atom is 0.198 e. The molecule has 0 aliphatic rings. The van der Waals surface area contributed by atoms with Gasteiger partial charge in [0.25, 0.3) is 0 Å². The van der Waals surface area contributed by atoms with Crippen molar-refractivity contribution in [2.75, 3.05) is 0 Å². The summed E-state index contributed by atoms with van der Waals surface area (Å²) in [5.74, 6) is 0. The molecule has 0 aromatic rings. The van der Waals surface area contributed by atoms with Crippen LogP contribution >= 0.6 is 23.2 Å². The molecule has 0 amide bonds. The van der Waals surface area contributed by atoms with Crippen molar-refractivity contribution >= 4 is 29.5 Å². The van der Waals surface area contributed by atoms with Crippen molar-refractivity contribution < 1.29 is 4.79 Å². The summed E-state index contributed by atoms with van der Waals surface area (Å²) >= 11 is 10.5. The molecule has 0 heterocycles. The van der Waals surface area contributed by atoms with Gasteiger partial charge in [-0.05, 0) is 6.42 Å². The van der Waals surface area contributed by atoms with Gasteiger partial charge >= 0.3 is 0 Å². The first-order chi connectivity index (χ1) is 3.27. The second-order valence-corrected chi connectivity index (χ2v) is 2.35. The van der Waals surface area contributed by atoms with Crippen LogP contribution in [0.2, 0.25) is 0 Å². The highest BCUT2D eigenvalue weighted by Crippen LogP contribution is 2.07. The molecule has 3 heteroatoms. The topological polar surface area (TPSA) is 17.1 Å². The first-order valence-electron chi connectivity index (χ1n) is 1.90. The van der Waals surface area contributed by atoms with Crippen LogP contribution in [-0.4, -0.2) is 11.1 Å². The molecule has 7 heavy (non-hydrogen) atoms. The number of alkyl halides is 2. The summed E-state index contributed by atoms with van der Waals surface area (Å²) in [5.41, 5.74) is 0. The molecule has 0 saturated heterocycles. The third kappa shape index (κ3) is 6.25. The van der Waals surface area contributed by atoms with E-state index in [2.05, 4.69) is 0 Å². The highest BCUT2D eigenvalue weighted by molar-refractivity contribution is 6.44. The van der Waals surface area contributed by atoms with Gasteiger partial charge in [0.2, 0.25) is 0 Å². The molecular weight excluding hydrogens is 135 g/mol. The van der Waals surface area contributed by atoms with Crippen molar-refractivity contribution in [3.8, 4) is 0 Å². The zero-order valence-corrected chi connectivity index (χ0v) is 5.17. The molecular formula is C4H5Cl2O. The van der Waals surface area contributed by atoms with Crippen LogP contribution in [0.15, 0.2) is 0 Å². The van der Waals surface area contributed by atoms with Crippen LogP contribution in [0.25, 0.3) is 0 Å². The first kappa shape index (κ1) is 7.25. The quantitative estimate of drug-likeness (QED) is 0.545. The minimum absolute atomic E-state index is 0.331. The Morgan fingerprint density at radius 1 is 1.57 bits per heavy atom. The Morgan fingerprint density at radius 3 is 2.29 bits per heavy atom. The van der Waals surface area contributed by atoms with Crippen LogP contribution in [0.1, 0.15) is 12.8 Å². The van der Waals surface area contributed by atoms with Crippen LogP contribution in [0.4, 0.5) is 0 Å². The number of hydrogen-bond donors (Lipinski definition) is 0. The van der Waals surface area contributed by atoms with Crippen molar-refractivity contribution in [2.24, 2.45) is 0 Å². The van der Waals surface area contributed by atoms with Crippen LogP contribution < -0.4 is 0 Å². The van der Waals surface area contributed by atoms with Gasteiger partial charge in [-0.25, -0.2) is 0 Å².